The molecule has 0 saturated heterocycles. The fraction of sp³-hybridized carbons (Fsp3) is 0.571. The topological polar surface area (TPSA) is 47.3 Å². The van der Waals surface area contributed by atoms with Crippen LogP contribution in [0.25, 0.3) is 0 Å². The molecule has 1 aromatic rings. The summed E-state index contributed by atoms with van der Waals surface area (Å²) in [6.07, 6.45) is 0.934. The van der Waals surface area contributed by atoms with Gasteiger partial charge in [0.25, 0.3) is 0 Å². The van der Waals surface area contributed by atoms with E-state index in [0.29, 0.717) is 6.04 Å². The molecule has 1 rings (SSSR count). The summed E-state index contributed by atoms with van der Waals surface area (Å²) < 4.78 is 5.33. The van der Waals surface area contributed by atoms with E-state index < -0.39 is 0 Å². The molecule has 0 heterocycles. The van der Waals surface area contributed by atoms with Gasteiger partial charge in [0.2, 0.25) is 0 Å². The fourth-order valence-corrected chi connectivity index (χ4v) is 2.19. The number of nitrogens with two attached hydrogens (primary N) is 1. The largest absolute Gasteiger partial charge is 0.496 e. The highest BCUT2D eigenvalue weighted by Crippen LogP contribution is 2.29. The number of methoxy groups -OCH3 is 1. The molecule has 0 aromatic heterocycles. The van der Waals surface area contributed by atoms with Crippen LogP contribution in [0.1, 0.15) is 36.1 Å². The maximum atomic E-state index is 5.89. The Morgan fingerprint density at radius 3 is 2.41 bits per heavy atom. The molecule has 0 aliphatic heterocycles. The first-order chi connectivity index (χ1) is 8.01. The third kappa shape index (κ3) is 3.20. The molecule has 0 aliphatic carbocycles. The highest BCUT2D eigenvalue weighted by atomic mass is 16.5. The Labute approximate surface area is 104 Å². The molecule has 0 aliphatic rings. The predicted molar refractivity (Wildman–Crippen MR) is 72.5 cm³/mol. The van der Waals surface area contributed by atoms with Crippen LogP contribution in [0.5, 0.6) is 5.75 Å². The predicted octanol–water partition coefficient (Wildman–Crippen LogP) is 2.31. The number of hydrogen-bond donors (Lipinski definition) is 2. The molecule has 1 aromatic carbocycles. The van der Waals surface area contributed by atoms with Crippen molar-refractivity contribution in [2.75, 3.05) is 14.2 Å². The van der Waals surface area contributed by atoms with E-state index in [0.717, 1.165) is 12.2 Å². The van der Waals surface area contributed by atoms with Gasteiger partial charge in [0.05, 0.1) is 7.11 Å². The Hall–Kier alpha value is -1.06. The van der Waals surface area contributed by atoms with Crippen LogP contribution in [0.15, 0.2) is 12.1 Å². The number of rotatable bonds is 5. The van der Waals surface area contributed by atoms with Crippen LogP contribution in [-0.4, -0.2) is 20.2 Å². The van der Waals surface area contributed by atoms with Crippen LogP contribution in [0.3, 0.4) is 0 Å². The molecule has 0 spiro atoms. The molecule has 0 bridgehead atoms. The average Bonchev–Trinajstić information content (AvgIpc) is 2.29. The Balaban J connectivity index is 3.08. The zero-order chi connectivity index (χ0) is 13.0. The van der Waals surface area contributed by atoms with E-state index >= 15 is 0 Å². The van der Waals surface area contributed by atoms with Crippen molar-refractivity contribution in [2.24, 2.45) is 5.73 Å². The van der Waals surface area contributed by atoms with Gasteiger partial charge in [0, 0.05) is 12.1 Å². The Bertz CT molecular complexity index is 375. The van der Waals surface area contributed by atoms with Crippen molar-refractivity contribution in [3.63, 3.8) is 0 Å². The van der Waals surface area contributed by atoms with E-state index in [2.05, 4.69) is 25.2 Å². The number of nitrogens with one attached hydrogen (secondary N) is 1. The molecule has 17 heavy (non-hydrogen) atoms. The molecule has 0 saturated carbocycles. The standard InChI is InChI=1S/C14H24N2O/c1-9(15)8-13(16-4)12-6-7-14(17-5)11(3)10(12)2/h6-7,9,13,16H,8,15H2,1-5H3. The maximum absolute atomic E-state index is 5.89. The zero-order valence-electron chi connectivity index (χ0n) is 11.5. The van der Waals surface area contributed by atoms with Crippen LogP contribution >= 0.6 is 0 Å². The summed E-state index contributed by atoms with van der Waals surface area (Å²) in [5.41, 5.74) is 9.68. The Kier molecular flexibility index (Phi) is 4.97. The van der Waals surface area contributed by atoms with Crippen molar-refractivity contribution >= 4 is 0 Å². The van der Waals surface area contributed by atoms with Gasteiger partial charge in [-0.3, -0.25) is 0 Å². The van der Waals surface area contributed by atoms with Crippen molar-refractivity contribution in [3.8, 4) is 5.75 Å². The van der Waals surface area contributed by atoms with E-state index in [1.54, 1.807) is 7.11 Å². The fourth-order valence-electron chi connectivity index (χ4n) is 2.19. The Morgan fingerprint density at radius 1 is 1.29 bits per heavy atom. The number of benzene rings is 1. The minimum absolute atomic E-state index is 0.189. The van der Waals surface area contributed by atoms with Crippen LogP contribution in [0, 0.1) is 13.8 Å². The summed E-state index contributed by atoms with van der Waals surface area (Å²) in [6, 6.07) is 4.65. The maximum Gasteiger partial charge on any atom is 0.122 e. The van der Waals surface area contributed by atoms with Gasteiger partial charge in [-0.1, -0.05) is 6.07 Å². The van der Waals surface area contributed by atoms with E-state index in [1.165, 1.54) is 16.7 Å². The van der Waals surface area contributed by atoms with Crippen LogP contribution in [-0.2, 0) is 0 Å². The highest BCUT2D eigenvalue weighted by Gasteiger charge is 2.16. The lowest BCUT2D eigenvalue weighted by Crippen LogP contribution is -2.26. The van der Waals surface area contributed by atoms with Gasteiger partial charge in [0.15, 0.2) is 0 Å². The van der Waals surface area contributed by atoms with Crippen molar-refractivity contribution in [3.05, 3.63) is 28.8 Å². The third-order valence-corrected chi connectivity index (χ3v) is 3.33. The summed E-state index contributed by atoms with van der Waals surface area (Å²) >= 11 is 0. The molecule has 96 valence electrons. The average molecular weight is 236 g/mol. The number of hydrogen-bond acceptors (Lipinski definition) is 3. The molecular weight excluding hydrogens is 212 g/mol. The summed E-state index contributed by atoms with van der Waals surface area (Å²) in [7, 11) is 3.69. The highest BCUT2D eigenvalue weighted by molar-refractivity contribution is 5.44. The lowest BCUT2D eigenvalue weighted by atomic mass is 9.93. The summed E-state index contributed by atoms with van der Waals surface area (Å²) in [6.45, 7) is 6.27. The molecule has 2 unspecified atom stereocenters. The molecule has 0 fully saturated rings. The molecule has 2 atom stereocenters. The van der Waals surface area contributed by atoms with E-state index in [-0.39, 0.29) is 6.04 Å². The zero-order valence-corrected chi connectivity index (χ0v) is 11.5. The quantitative estimate of drug-likeness (QED) is 0.824. The van der Waals surface area contributed by atoms with Crippen molar-refractivity contribution in [1.29, 1.82) is 0 Å². The van der Waals surface area contributed by atoms with Gasteiger partial charge < -0.3 is 15.8 Å². The minimum Gasteiger partial charge on any atom is -0.496 e. The smallest absolute Gasteiger partial charge is 0.122 e. The second-order valence-electron chi connectivity index (χ2n) is 4.66. The first-order valence-electron chi connectivity index (χ1n) is 6.08. The van der Waals surface area contributed by atoms with Gasteiger partial charge >= 0.3 is 0 Å². The van der Waals surface area contributed by atoms with Gasteiger partial charge in [-0.05, 0) is 57.0 Å². The minimum atomic E-state index is 0.189. The second-order valence-corrected chi connectivity index (χ2v) is 4.66. The molecule has 0 amide bonds. The third-order valence-electron chi connectivity index (χ3n) is 3.33. The van der Waals surface area contributed by atoms with Gasteiger partial charge in [0.1, 0.15) is 5.75 Å². The van der Waals surface area contributed by atoms with Gasteiger partial charge in [-0.2, -0.15) is 0 Å². The van der Waals surface area contributed by atoms with Crippen LogP contribution in [0.4, 0.5) is 0 Å². The van der Waals surface area contributed by atoms with E-state index in [9.17, 15) is 0 Å². The molecule has 0 radical (unpaired) electrons. The monoisotopic (exact) mass is 236 g/mol. The first kappa shape index (κ1) is 14.0. The molecule has 3 N–H and O–H groups in total. The van der Waals surface area contributed by atoms with Gasteiger partial charge in [-0.15, -0.1) is 0 Å². The molecule has 3 heteroatoms. The van der Waals surface area contributed by atoms with Crippen LogP contribution < -0.4 is 15.8 Å². The summed E-state index contributed by atoms with van der Waals surface area (Å²) in [5, 5.41) is 3.33. The summed E-state index contributed by atoms with van der Waals surface area (Å²) in [5.74, 6) is 0.946. The van der Waals surface area contributed by atoms with Gasteiger partial charge in [-0.25, -0.2) is 0 Å². The van der Waals surface area contributed by atoms with E-state index in [4.69, 9.17) is 10.5 Å². The Morgan fingerprint density at radius 2 is 1.94 bits per heavy atom. The lowest BCUT2D eigenvalue weighted by molar-refractivity contribution is 0.410. The molecule has 3 nitrogen and oxygen atoms in total. The summed E-state index contributed by atoms with van der Waals surface area (Å²) in [4.78, 5) is 0. The normalized spacial score (nSPS) is 14.5. The lowest BCUT2D eigenvalue weighted by Gasteiger charge is -2.22. The molecular formula is C14H24N2O. The SMILES string of the molecule is CNC(CC(C)N)c1ccc(OC)c(C)c1C. The number of ether oxygens (including phenoxy) is 1. The van der Waals surface area contributed by atoms with Crippen LogP contribution in [0.2, 0.25) is 0 Å². The first-order valence-corrected chi connectivity index (χ1v) is 6.08. The van der Waals surface area contributed by atoms with Crippen molar-refractivity contribution < 1.29 is 4.74 Å². The second kappa shape index (κ2) is 6.03. The van der Waals surface area contributed by atoms with Crippen molar-refractivity contribution in [1.82, 2.24) is 5.32 Å². The van der Waals surface area contributed by atoms with Crippen molar-refractivity contribution in [2.45, 2.75) is 39.3 Å². The van der Waals surface area contributed by atoms with E-state index in [1.807, 2.05) is 20.0 Å².